The predicted octanol–water partition coefficient (Wildman–Crippen LogP) is 2.23. The molecule has 23 heavy (non-hydrogen) atoms. The fourth-order valence-electron chi connectivity index (χ4n) is 2.38. The van der Waals surface area contributed by atoms with E-state index in [1.807, 2.05) is 43.4 Å². The SMILES string of the molecule is C#Cc1cccc(-c2cc(-c3ccnn3C)cc(C(N)=O)n2)c1. The summed E-state index contributed by atoms with van der Waals surface area (Å²) in [5.41, 5.74) is 9.51. The molecule has 1 aromatic carbocycles. The molecule has 0 spiro atoms. The van der Waals surface area contributed by atoms with Crippen molar-refractivity contribution in [3.8, 4) is 34.9 Å². The van der Waals surface area contributed by atoms with Crippen molar-refractivity contribution >= 4 is 5.91 Å². The maximum atomic E-state index is 11.6. The summed E-state index contributed by atoms with van der Waals surface area (Å²) in [6, 6.07) is 12.8. The number of carbonyl (C=O) groups is 1. The monoisotopic (exact) mass is 302 g/mol. The lowest BCUT2D eigenvalue weighted by molar-refractivity contribution is 0.0995. The maximum absolute atomic E-state index is 11.6. The fraction of sp³-hybridized carbons (Fsp3) is 0.0556. The molecule has 0 fully saturated rings. The van der Waals surface area contributed by atoms with E-state index in [9.17, 15) is 4.79 Å². The van der Waals surface area contributed by atoms with Crippen LogP contribution in [0.3, 0.4) is 0 Å². The van der Waals surface area contributed by atoms with E-state index in [0.717, 1.165) is 22.4 Å². The normalized spacial score (nSPS) is 10.3. The van der Waals surface area contributed by atoms with Crippen molar-refractivity contribution in [2.24, 2.45) is 12.8 Å². The molecule has 0 unspecified atom stereocenters. The van der Waals surface area contributed by atoms with Gasteiger partial charge >= 0.3 is 0 Å². The molecule has 112 valence electrons. The summed E-state index contributed by atoms with van der Waals surface area (Å²) >= 11 is 0. The van der Waals surface area contributed by atoms with Crippen LogP contribution in [0.15, 0.2) is 48.7 Å². The molecular formula is C18H14N4O. The first kappa shape index (κ1) is 14.5. The fourth-order valence-corrected chi connectivity index (χ4v) is 2.38. The standard InChI is InChI=1S/C18H14N4O/c1-3-12-5-4-6-13(9-12)15-10-14(11-16(21-15)18(19)23)17-7-8-20-22(17)2/h1,4-11H,2H3,(H2,19,23). The Balaban J connectivity index is 2.21. The minimum Gasteiger partial charge on any atom is -0.364 e. The molecule has 0 aliphatic rings. The number of amides is 1. The molecule has 0 aliphatic heterocycles. The summed E-state index contributed by atoms with van der Waals surface area (Å²) in [5, 5.41) is 4.15. The van der Waals surface area contributed by atoms with Gasteiger partial charge in [-0.2, -0.15) is 5.10 Å². The second-order valence-electron chi connectivity index (χ2n) is 5.06. The van der Waals surface area contributed by atoms with Crippen LogP contribution in [0.2, 0.25) is 0 Å². The largest absolute Gasteiger partial charge is 0.364 e. The van der Waals surface area contributed by atoms with Crippen molar-refractivity contribution in [2.75, 3.05) is 0 Å². The van der Waals surface area contributed by atoms with Crippen LogP contribution in [0.4, 0.5) is 0 Å². The summed E-state index contributed by atoms with van der Waals surface area (Å²) in [5.74, 6) is 2.01. The molecule has 2 N–H and O–H groups in total. The van der Waals surface area contributed by atoms with Crippen LogP contribution in [0.5, 0.6) is 0 Å². The van der Waals surface area contributed by atoms with Gasteiger partial charge in [-0.15, -0.1) is 6.42 Å². The van der Waals surface area contributed by atoms with E-state index in [4.69, 9.17) is 12.2 Å². The third-order valence-electron chi connectivity index (χ3n) is 3.52. The van der Waals surface area contributed by atoms with Crippen LogP contribution < -0.4 is 5.73 Å². The van der Waals surface area contributed by atoms with Crippen LogP contribution >= 0.6 is 0 Å². The van der Waals surface area contributed by atoms with Gasteiger partial charge in [-0.3, -0.25) is 9.48 Å². The van der Waals surface area contributed by atoms with Gasteiger partial charge in [0, 0.05) is 29.9 Å². The van der Waals surface area contributed by atoms with Crippen LogP contribution in [-0.4, -0.2) is 20.7 Å². The van der Waals surface area contributed by atoms with Gasteiger partial charge in [-0.25, -0.2) is 4.98 Å². The van der Waals surface area contributed by atoms with Crippen LogP contribution in [-0.2, 0) is 7.05 Å². The quantitative estimate of drug-likeness (QED) is 0.754. The van der Waals surface area contributed by atoms with E-state index in [2.05, 4.69) is 16.0 Å². The van der Waals surface area contributed by atoms with E-state index in [0.29, 0.717) is 5.69 Å². The molecule has 1 amide bonds. The lowest BCUT2D eigenvalue weighted by Gasteiger charge is -2.08. The molecule has 2 heterocycles. The smallest absolute Gasteiger partial charge is 0.267 e. The average Bonchev–Trinajstić information content (AvgIpc) is 3.00. The molecule has 0 aliphatic carbocycles. The van der Waals surface area contributed by atoms with Gasteiger partial charge in [0.1, 0.15) is 5.69 Å². The Kier molecular flexibility index (Phi) is 3.65. The lowest BCUT2D eigenvalue weighted by atomic mass is 10.0. The number of nitrogens with zero attached hydrogens (tertiary/aromatic N) is 3. The number of hydrogen-bond donors (Lipinski definition) is 1. The molecule has 3 aromatic rings. The zero-order valence-electron chi connectivity index (χ0n) is 12.5. The van der Waals surface area contributed by atoms with Crippen LogP contribution in [0.25, 0.3) is 22.5 Å². The minimum atomic E-state index is -0.580. The Morgan fingerprint density at radius 2 is 2.04 bits per heavy atom. The highest BCUT2D eigenvalue weighted by Crippen LogP contribution is 2.26. The number of rotatable bonds is 3. The Labute approximate surface area is 133 Å². The van der Waals surface area contributed by atoms with Gasteiger partial charge in [0.15, 0.2) is 0 Å². The zero-order valence-corrected chi connectivity index (χ0v) is 12.5. The third-order valence-corrected chi connectivity index (χ3v) is 3.52. The highest BCUT2D eigenvalue weighted by molar-refractivity contribution is 5.93. The van der Waals surface area contributed by atoms with Gasteiger partial charge in [0.2, 0.25) is 0 Å². The first-order valence-electron chi connectivity index (χ1n) is 6.96. The molecule has 5 nitrogen and oxygen atoms in total. The number of aromatic nitrogens is 3. The van der Waals surface area contributed by atoms with Gasteiger partial charge in [-0.05, 0) is 30.3 Å². The van der Waals surface area contributed by atoms with Crippen molar-refractivity contribution in [1.82, 2.24) is 14.8 Å². The summed E-state index contributed by atoms with van der Waals surface area (Å²) in [6.07, 6.45) is 7.14. The van der Waals surface area contributed by atoms with Gasteiger partial charge in [0.05, 0.1) is 11.4 Å². The Morgan fingerprint density at radius 3 is 2.70 bits per heavy atom. The van der Waals surface area contributed by atoms with E-state index in [-0.39, 0.29) is 5.69 Å². The van der Waals surface area contributed by atoms with Crippen molar-refractivity contribution in [1.29, 1.82) is 0 Å². The Hall–Kier alpha value is -3.39. The first-order chi connectivity index (χ1) is 11.1. The molecule has 0 radical (unpaired) electrons. The topological polar surface area (TPSA) is 73.8 Å². The first-order valence-corrected chi connectivity index (χ1v) is 6.96. The summed E-state index contributed by atoms with van der Waals surface area (Å²) in [4.78, 5) is 16.0. The van der Waals surface area contributed by atoms with Crippen LogP contribution in [0.1, 0.15) is 16.1 Å². The van der Waals surface area contributed by atoms with E-state index >= 15 is 0 Å². The van der Waals surface area contributed by atoms with E-state index in [1.165, 1.54) is 0 Å². The lowest BCUT2D eigenvalue weighted by Crippen LogP contribution is -2.13. The summed E-state index contributed by atoms with van der Waals surface area (Å²) in [6.45, 7) is 0. The van der Waals surface area contributed by atoms with Crippen molar-refractivity contribution < 1.29 is 4.79 Å². The second kappa shape index (κ2) is 5.78. The Bertz CT molecular complexity index is 934. The number of benzene rings is 1. The van der Waals surface area contributed by atoms with Crippen molar-refractivity contribution in [3.05, 3.63) is 59.9 Å². The van der Waals surface area contributed by atoms with Crippen LogP contribution in [0, 0.1) is 12.3 Å². The highest BCUT2D eigenvalue weighted by atomic mass is 16.1. The average molecular weight is 302 g/mol. The number of pyridine rings is 1. The van der Waals surface area contributed by atoms with E-state index in [1.54, 1.807) is 16.9 Å². The number of carbonyl (C=O) groups excluding carboxylic acids is 1. The van der Waals surface area contributed by atoms with Gasteiger partial charge in [0.25, 0.3) is 5.91 Å². The number of terminal acetylenes is 1. The van der Waals surface area contributed by atoms with Gasteiger partial charge in [-0.1, -0.05) is 18.1 Å². The maximum Gasteiger partial charge on any atom is 0.267 e. The molecule has 5 heteroatoms. The molecule has 2 aromatic heterocycles. The molecule has 0 bridgehead atoms. The number of primary amides is 1. The summed E-state index contributed by atoms with van der Waals surface area (Å²) in [7, 11) is 1.83. The number of aryl methyl sites for hydroxylation is 1. The minimum absolute atomic E-state index is 0.199. The summed E-state index contributed by atoms with van der Waals surface area (Å²) < 4.78 is 1.72. The highest BCUT2D eigenvalue weighted by Gasteiger charge is 2.12. The predicted molar refractivity (Wildman–Crippen MR) is 88.3 cm³/mol. The second-order valence-corrected chi connectivity index (χ2v) is 5.06. The zero-order chi connectivity index (χ0) is 16.4. The molecular weight excluding hydrogens is 288 g/mol. The third kappa shape index (κ3) is 2.83. The number of hydrogen-bond acceptors (Lipinski definition) is 3. The molecule has 0 saturated heterocycles. The van der Waals surface area contributed by atoms with Crippen molar-refractivity contribution in [3.63, 3.8) is 0 Å². The molecule has 3 rings (SSSR count). The Morgan fingerprint density at radius 1 is 1.22 bits per heavy atom. The molecule has 0 saturated carbocycles. The van der Waals surface area contributed by atoms with Gasteiger partial charge < -0.3 is 5.73 Å². The van der Waals surface area contributed by atoms with Crippen molar-refractivity contribution in [2.45, 2.75) is 0 Å². The molecule has 0 atom stereocenters. The van der Waals surface area contributed by atoms with E-state index < -0.39 is 5.91 Å². The number of nitrogens with two attached hydrogens (primary N) is 1.